The van der Waals surface area contributed by atoms with E-state index in [4.69, 9.17) is 0 Å². The molecular formula is C11H23NS. The van der Waals surface area contributed by atoms with Crippen molar-refractivity contribution in [1.82, 2.24) is 4.90 Å². The van der Waals surface area contributed by atoms with Crippen molar-refractivity contribution in [2.75, 3.05) is 18.1 Å². The molecular weight excluding hydrogens is 178 g/mol. The Morgan fingerprint density at radius 2 is 1.92 bits per heavy atom. The van der Waals surface area contributed by atoms with Crippen LogP contribution in [0, 0.1) is 0 Å². The first-order valence-corrected chi connectivity index (χ1v) is 6.52. The highest BCUT2D eigenvalue weighted by molar-refractivity contribution is 7.99. The molecule has 0 aromatic rings. The SMILES string of the molecule is CC1CCSCCCN1C(C)(C)C. The van der Waals surface area contributed by atoms with Crippen LogP contribution in [-0.2, 0) is 0 Å². The molecule has 78 valence electrons. The molecule has 1 fully saturated rings. The molecule has 2 heteroatoms. The van der Waals surface area contributed by atoms with E-state index >= 15 is 0 Å². The Bertz CT molecular complexity index is 151. The largest absolute Gasteiger partial charge is 0.296 e. The monoisotopic (exact) mass is 201 g/mol. The van der Waals surface area contributed by atoms with E-state index < -0.39 is 0 Å². The molecule has 1 unspecified atom stereocenters. The van der Waals surface area contributed by atoms with Gasteiger partial charge in [0.15, 0.2) is 0 Å². The lowest BCUT2D eigenvalue weighted by Crippen LogP contribution is -2.48. The van der Waals surface area contributed by atoms with Crippen molar-refractivity contribution >= 4 is 11.8 Å². The van der Waals surface area contributed by atoms with Crippen molar-refractivity contribution in [1.29, 1.82) is 0 Å². The van der Waals surface area contributed by atoms with Gasteiger partial charge in [0, 0.05) is 11.6 Å². The third kappa shape index (κ3) is 3.51. The number of thioether (sulfide) groups is 1. The zero-order valence-electron chi connectivity index (χ0n) is 9.47. The summed E-state index contributed by atoms with van der Waals surface area (Å²) in [5.74, 6) is 2.69. The maximum absolute atomic E-state index is 2.66. The molecule has 0 aliphatic carbocycles. The number of hydrogen-bond acceptors (Lipinski definition) is 2. The number of nitrogens with zero attached hydrogens (tertiary/aromatic N) is 1. The summed E-state index contributed by atoms with van der Waals surface area (Å²) in [7, 11) is 0. The van der Waals surface area contributed by atoms with Crippen LogP contribution in [0.1, 0.15) is 40.5 Å². The molecule has 1 aliphatic rings. The molecule has 0 amide bonds. The topological polar surface area (TPSA) is 3.24 Å². The first kappa shape index (κ1) is 11.4. The fraction of sp³-hybridized carbons (Fsp3) is 1.00. The van der Waals surface area contributed by atoms with E-state index in [0.717, 1.165) is 6.04 Å². The standard InChI is InChI=1S/C11H23NS/c1-10-6-9-13-8-5-7-12(10)11(2,3)4/h10H,5-9H2,1-4H3. The molecule has 0 radical (unpaired) electrons. The van der Waals surface area contributed by atoms with E-state index in [0.29, 0.717) is 5.54 Å². The smallest absolute Gasteiger partial charge is 0.0127 e. The lowest BCUT2D eigenvalue weighted by molar-refractivity contribution is 0.0881. The van der Waals surface area contributed by atoms with E-state index in [1.165, 1.54) is 30.9 Å². The summed E-state index contributed by atoms with van der Waals surface area (Å²) in [6.45, 7) is 10.6. The van der Waals surface area contributed by atoms with Crippen LogP contribution in [0.2, 0.25) is 0 Å². The van der Waals surface area contributed by atoms with Crippen LogP contribution in [0.5, 0.6) is 0 Å². The first-order chi connectivity index (χ1) is 6.02. The van der Waals surface area contributed by atoms with Crippen molar-refractivity contribution in [2.24, 2.45) is 0 Å². The Morgan fingerprint density at radius 1 is 1.23 bits per heavy atom. The van der Waals surface area contributed by atoms with E-state index in [1.807, 2.05) is 0 Å². The van der Waals surface area contributed by atoms with Crippen molar-refractivity contribution in [2.45, 2.75) is 52.1 Å². The van der Waals surface area contributed by atoms with Gasteiger partial charge >= 0.3 is 0 Å². The molecule has 0 aromatic carbocycles. The molecule has 1 atom stereocenters. The van der Waals surface area contributed by atoms with Crippen LogP contribution < -0.4 is 0 Å². The molecule has 1 aliphatic heterocycles. The van der Waals surface area contributed by atoms with Gasteiger partial charge in [-0.2, -0.15) is 11.8 Å². The van der Waals surface area contributed by atoms with Gasteiger partial charge in [-0.05, 0) is 58.6 Å². The summed E-state index contributed by atoms with van der Waals surface area (Å²) in [5, 5.41) is 0. The summed E-state index contributed by atoms with van der Waals surface area (Å²) in [5.41, 5.74) is 0.349. The molecule has 0 saturated carbocycles. The summed E-state index contributed by atoms with van der Waals surface area (Å²) in [6, 6.07) is 0.757. The Morgan fingerprint density at radius 3 is 2.54 bits per heavy atom. The predicted molar refractivity (Wildman–Crippen MR) is 62.5 cm³/mol. The zero-order chi connectivity index (χ0) is 9.90. The molecule has 0 N–H and O–H groups in total. The van der Waals surface area contributed by atoms with Crippen molar-refractivity contribution < 1.29 is 0 Å². The Labute approximate surface area is 87.3 Å². The lowest BCUT2D eigenvalue weighted by Gasteiger charge is -2.41. The van der Waals surface area contributed by atoms with Crippen LogP contribution in [0.15, 0.2) is 0 Å². The molecule has 0 aromatic heterocycles. The van der Waals surface area contributed by atoms with Gasteiger partial charge in [0.2, 0.25) is 0 Å². The molecule has 0 bridgehead atoms. The third-order valence-electron chi connectivity index (χ3n) is 2.76. The van der Waals surface area contributed by atoms with E-state index in [1.54, 1.807) is 0 Å². The van der Waals surface area contributed by atoms with Gasteiger partial charge in [-0.3, -0.25) is 4.90 Å². The first-order valence-electron chi connectivity index (χ1n) is 5.36. The van der Waals surface area contributed by atoms with E-state index in [-0.39, 0.29) is 0 Å². The summed E-state index contributed by atoms with van der Waals surface area (Å²) in [4.78, 5) is 2.66. The second kappa shape index (κ2) is 4.70. The third-order valence-corrected chi connectivity index (χ3v) is 3.86. The summed E-state index contributed by atoms with van der Waals surface area (Å²) < 4.78 is 0. The fourth-order valence-corrected chi connectivity index (χ4v) is 3.11. The van der Waals surface area contributed by atoms with Gasteiger partial charge in [0.1, 0.15) is 0 Å². The van der Waals surface area contributed by atoms with Crippen LogP contribution in [0.4, 0.5) is 0 Å². The minimum Gasteiger partial charge on any atom is -0.296 e. The van der Waals surface area contributed by atoms with Crippen molar-refractivity contribution in [3.63, 3.8) is 0 Å². The van der Waals surface area contributed by atoms with Gasteiger partial charge in [-0.25, -0.2) is 0 Å². The molecule has 0 spiro atoms. The average Bonchev–Trinajstić information content (AvgIpc) is 1.94. The number of rotatable bonds is 0. The Balaban J connectivity index is 2.56. The molecule has 1 rings (SSSR count). The van der Waals surface area contributed by atoms with Gasteiger partial charge in [-0.1, -0.05) is 0 Å². The molecule has 13 heavy (non-hydrogen) atoms. The van der Waals surface area contributed by atoms with E-state index in [2.05, 4.69) is 44.4 Å². The molecule has 1 nitrogen and oxygen atoms in total. The van der Waals surface area contributed by atoms with Crippen LogP contribution in [0.25, 0.3) is 0 Å². The Kier molecular flexibility index (Phi) is 4.11. The maximum atomic E-state index is 2.66. The van der Waals surface area contributed by atoms with Gasteiger partial charge in [0.05, 0.1) is 0 Å². The summed E-state index contributed by atoms with van der Waals surface area (Å²) in [6.07, 6.45) is 2.70. The second-order valence-electron chi connectivity index (χ2n) is 4.97. The maximum Gasteiger partial charge on any atom is 0.0127 e. The Hall–Kier alpha value is 0.310. The van der Waals surface area contributed by atoms with Crippen molar-refractivity contribution in [3.05, 3.63) is 0 Å². The minimum absolute atomic E-state index is 0.349. The minimum atomic E-state index is 0.349. The number of hydrogen-bond donors (Lipinski definition) is 0. The lowest BCUT2D eigenvalue weighted by atomic mass is 10.0. The van der Waals surface area contributed by atoms with Crippen LogP contribution in [0.3, 0.4) is 0 Å². The van der Waals surface area contributed by atoms with Gasteiger partial charge in [-0.15, -0.1) is 0 Å². The highest BCUT2D eigenvalue weighted by Crippen LogP contribution is 2.23. The average molecular weight is 201 g/mol. The highest BCUT2D eigenvalue weighted by atomic mass is 32.2. The molecule has 1 heterocycles. The predicted octanol–water partition coefficient (Wildman–Crippen LogP) is 3.00. The molecule has 1 saturated heterocycles. The van der Waals surface area contributed by atoms with Crippen LogP contribution >= 0.6 is 11.8 Å². The highest BCUT2D eigenvalue weighted by Gasteiger charge is 2.26. The van der Waals surface area contributed by atoms with E-state index in [9.17, 15) is 0 Å². The van der Waals surface area contributed by atoms with Crippen molar-refractivity contribution in [3.8, 4) is 0 Å². The second-order valence-corrected chi connectivity index (χ2v) is 6.19. The van der Waals surface area contributed by atoms with Gasteiger partial charge < -0.3 is 0 Å². The quantitative estimate of drug-likeness (QED) is 0.593. The summed E-state index contributed by atoms with van der Waals surface area (Å²) >= 11 is 2.12. The van der Waals surface area contributed by atoms with Crippen LogP contribution in [-0.4, -0.2) is 34.5 Å². The normalized spacial score (nSPS) is 28.2. The zero-order valence-corrected chi connectivity index (χ0v) is 10.3. The fourth-order valence-electron chi connectivity index (χ4n) is 2.07. The van der Waals surface area contributed by atoms with Gasteiger partial charge in [0.25, 0.3) is 0 Å².